The van der Waals surface area contributed by atoms with Gasteiger partial charge in [0.05, 0.1) is 26.4 Å². The lowest BCUT2D eigenvalue weighted by molar-refractivity contribution is -0.161. The summed E-state index contributed by atoms with van der Waals surface area (Å²) in [7, 11) is -9.92. The monoisotopic (exact) mass is 1480 g/mol. The van der Waals surface area contributed by atoms with Crippen LogP contribution in [0.2, 0.25) is 0 Å². The van der Waals surface area contributed by atoms with Crippen molar-refractivity contribution in [1.82, 2.24) is 0 Å². The summed E-state index contributed by atoms with van der Waals surface area (Å²) in [5.41, 5.74) is 0. The van der Waals surface area contributed by atoms with Crippen LogP contribution in [0.5, 0.6) is 0 Å². The number of unbranched alkanes of at least 4 members (excludes halogenated alkanes) is 50. The average molecular weight is 1480 g/mol. The first-order valence-electron chi connectivity index (χ1n) is 42.5. The first-order chi connectivity index (χ1) is 48.9. The summed E-state index contributed by atoms with van der Waals surface area (Å²) in [6.45, 7) is 9.68. The lowest BCUT2D eigenvalue weighted by Gasteiger charge is -2.21. The Bertz CT molecular complexity index is 1940. The molecular weight excluding hydrogens is 1320 g/mol. The minimum Gasteiger partial charge on any atom is -0.462 e. The molecule has 17 nitrogen and oxygen atoms in total. The fourth-order valence-electron chi connectivity index (χ4n) is 12.7. The van der Waals surface area contributed by atoms with Crippen LogP contribution in [0.1, 0.15) is 433 Å². The van der Waals surface area contributed by atoms with Crippen LogP contribution in [0.3, 0.4) is 0 Å². The topological polar surface area (TPSA) is 237 Å². The molecule has 0 aromatic carbocycles. The van der Waals surface area contributed by atoms with Crippen LogP contribution in [0.15, 0.2) is 0 Å². The van der Waals surface area contributed by atoms with E-state index in [1.165, 1.54) is 250 Å². The summed E-state index contributed by atoms with van der Waals surface area (Å²) in [4.78, 5) is 73.1. The van der Waals surface area contributed by atoms with Crippen LogP contribution in [0, 0.1) is 11.8 Å². The molecule has 6 atom stereocenters. The van der Waals surface area contributed by atoms with E-state index in [4.69, 9.17) is 37.0 Å². The van der Waals surface area contributed by atoms with Gasteiger partial charge in [-0.2, -0.15) is 0 Å². The third-order valence-corrected chi connectivity index (χ3v) is 21.5. The quantitative estimate of drug-likeness (QED) is 0.0222. The average Bonchev–Trinajstić information content (AvgIpc) is 1.13. The largest absolute Gasteiger partial charge is 0.472 e. The Labute approximate surface area is 619 Å². The van der Waals surface area contributed by atoms with E-state index in [-0.39, 0.29) is 25.7 Å². The highest BCUT2D eigenvalue weighted by Crippen LogP contribution is 2.45. The molecule has 0 aliphatic heterocycles. The molecule has 0 aliphatic carbocycles. The van der Waals surface area contributed by atoms with Crippen molar-refractivity contribution in [3.8, 4) is 0 Å². The van der Waals surface area contributed by atoms with Gasteiger partial charge in [-0.05, 0) is 37.5 Å². The maximum absolute atomic E-state index is 13.1. The summed E-state index contributed by atoms with van der Waals surface area (Å²) in [5, 5.41) is 10.7. The molecular formula is C82H160O17P2. The number of phosphoric ester groups is 2. The molecule has 0 radical (unpaired) electrons. The van der Waals surface area contributed by atoms with E-state index in [9.17, 15) is 43.2 Å². The molecule has 0 fully saturated rings. The highest BCUT2D eigenvalue weighted by Gasteiger charge is 2.30. The van der Waals surface area contributed by atoms with Gasteiger partial charge in [-0.3, -0.25) is 37.3 Å². The van der Waals surface area contributed by atoms with Gasteiger partial charge in [-0.15, -0.1) is 0 Å². The molecule has 0 saturated heterocycles. The van der Waals surface area contributed by atoms with Gasteiger partial charge in [-0.1, -0.05) is 382 Å². The maximum atomic E-state index is 13.1. The van der Waals surface area contributed by atoms with E-state index < -0.39 is 97.5 Å². The molecule has 0 aliphatic rings. The molecule has 19 heteroatoms. The molecule has 600 valence electrons. The lowest BCUT2D eigenvalue weighted by Crippen LogP contribution is -2.30. The molecule has 3 N–H and O–H groups in total. The summed E-state index contributed by atoms with van der Waals surface area (Å²) in [5.74, 6) is -0.512. The first-order valence-corrected chi connectivity index (χ1v) is 45.5. The summed E-state index contributed by atoms with van der Waals surface area (Å²) >= 11 is 0. The number of phosphoric acid groups is 2. The minimum absolute atomic E-state index is 0.107. The summed E-state index contributed by atoms with van der Waals surface area (Å²) in [6.07, 6.45) is 63.7. The summed E-state index contributed by atoms with van der Waals surface area (Å²) < 4.78 is 68.8. The second kappa shape index (κ2) is 73.6. The normalized spacial score (nSPS) is 14.2. The number of carbonyl (C=O) groups excluding carboxylic acids is 4. The third kappa shape index (κ3) is 74.7. The van der Waals surface area contributed by atoms with E-state index in [1.807, 2.05) is 0 Å². The fraction of sp³-hybridized carbons (Fsp3) is 0.951. The van der Waals surface area contributed by atoms with Crippen molar-refractivity contribution in [2.24, 2.45) is 11.8 Å². The van der Waals surface area contributed by atoms with Crippen molar-refractivity contribution in [3.05, 3.63) is 0 Å². The molecule has 0 spiro atoms. The number of hydrogen-bond acceptors (Lipinski definition) is 15. The van der Waals surface area contributed by atoms with Gasteiger partial charge >= 0.3 is 39.5 Å². The van der Waals surface area contributed by atoms with E-state index in [2.05, 4.69) is 41.5 Å². The van der Waals surface area contributed by atoms with E-state index in [0.717, 1.165) is 102 Å². The van der Waals surface area contributed by atoms with Crippen LogP contribution < -0.4 is 0 Å². The highest BCUT2D eigenvalue weighted by molar-refractivity contribution is 7.47. The zero-order chi connectivity index (χ0) is 74.2. The third-order valence-electron chi connectivity index (χ3n) is 19.6. The lowest BCUT2D eigenvalue weighted by atomic mass is 9.99. The Balaban J connectivity index is 5.24. The van der Waals surface area contributed by atoms with Crippen LogP contribution in [-0.2, 0) is 65.4 Å². The Morgan fingerprint density at radius 2 is 0.505 bits per heavy atom. The molecule has 0 heterocycles. The SMILES string of the molecule is CCCCCCCCCCCCCCCCCCCCCCC(=O)O[C@H](COC(=O)CCCCCCCCCCCCCCCC(C)C)COP(=O)(O)OC[C@@H](O)COP(=O)(O)OC[C@@H](COC(=O)CCCCCCCCCCCCC)OC(=O)CCCCCCCCCCCCC(C)CC. The van der Waals surface area contributed by atoms with Crippen molar-refractivity contribution < 1.29 is 80.2 Å². The second-order valence-corrected chi connectivity index (χ2v) is 33.1. The molecule has 0 rings (SSSR count). The molecule has 0 amide bonds. The van der Waals surface area contributed by atoms with Gasteiger partial charge < -0.3 is 33.8 Å². The van der Waals surface area contributed by atoms with Gasteiger partial charge in [-0.25, -0.2) is 9.13 Å². The number of carbonyl (C=O) groups is 4. The maximum Gasteiger partial charge on any atom is 0.472 e. The standard InChI is InChI=1S/C82H160O17P2/c1-7-10-12-14-16-18-20-21-22-23-24-25-26-27-30-35-42-48-54-60-66-81(86)98-77(71-93-80(85)65-59-53-47-41-34-31-28-29-33-38-44-50-56-62-74(4)5)72-96-100(88,89)94-68-76(83)69-95-101(90,91)97-73-78(70-92-79(84)64-58-52-46-40-32-19-17-15-13-11-8-2)99-82(87)67-61-55-49-43-37-36-39-45-51-57-63-75(6)9-3/h74-78,83H,7-73H2,1-6H3,(H,88,89)(H,90,91)/t75?,76-,77-,78-/m1/s1. The van der Waals surface area contributed by atoms with Gasteiger partial charge in [0.1, 0.15) is 19.3 Å². The van der Waals surface area contributed by atoms with Gasteiger partial charge in [0.15, 0.2) is 12.2 Å². The number of hydrogen-bond donors (Lipinski definition) is 3. The molecule has 3 unspecified atom stereocenters. The predicted molar refractivity (Wildman–Crippen MR) is 414 cm³/mol. The van der Waals surface area contributed by atoms with Gasteiger partial charge in [0.25, 0.3) is 0 Å². The number of esters is 4. The Morgan fingerprint density at radius 3 is 0.752 bits per heavy atom. The van der Waals surface area contributed by atoms with Crippen molar-refractivity contribution >= 4 is 39.5 Å². The Kier molecular flexibility index (Phi) is 72.2. The number of ether oxygens (including phenoxy) is 4. The van der Waals surface area contributed by atoms with Crippen LogP contribution in [-0.4, -0.2) is 96.7 Å². The van der Waals surface area contributed by atoms with Crippen LogP contribution >= 0.6 is 15.6 Å². The van der Waals surface area contributed by atoms with Gasteiger partial charge in [0.2, 0.25) is 0 Å². The van der Waals surface area contributed by atoms with E-state index in [1.54, 1.807) is 0 Å². The first kappa shape index (κ1) is 99.1. The zero-order valence-electron chi connectivity index (χ0n) is 66.2. The molecule has 0 saturated carbocycles. The van der Waals surface area contributed by atoms with E-state index >= 15 is 0 Å². The highest BCUT2D eigenvalue weighted by atomic mass is 31.2. The number of rotatable bonds is 81. The second-order valence-electron chi connectivity index (χ2n) is 30.2. The smallest absolute Gasteiger partial charge is 0.462 e. The zero-order valence-corrected chi connectivity index (χ0v) is 68.0. The van der Waals surface area contributed by atoms with Crippen LogP contribution in [0.4, 0.5) is 0 Å². The Hall–Kier alpha value is -1.94. The minimum atomic E-state index is -4.96. The summed E-state index contributed by atoms with van der Waals surface area (Å²) in [6, 6.07) is 0. The molecule has 101 heavy (non-hydrogen) atoms. The van der Waals surface area contributed by atoms with Crippen molar-refractivity contribution in [1.29, 1.82) is 0 Å². The van der Waals surface area contributed by atoms with Crippen molar-refractivity contribution in [2.75, 3.05) is 39.6 Å². The molecule has 0 aromatic heterocycles. The Morgan fingerprint density at radius 1 is 0.287 bits per heavy atom. The number of aliphatic hydroxyl groups excluding tert-OH is 1. The van der Waals surface area contributed by atoms with Crippen molar-refractivity contribution in [3.63, 3.8) is 0 Å². The fourth-order valence-corrected chi connectivity index (χ4v) is 14.3. The number of aliphatic hydroxyl groups is 1. The molecule has 0 bridgehead atoms. The van der Waals surface area contributed by atoms with Crippen LogP contribution in [0.25, 0.3) is 0 Å². The predicted octanol–water partition coefficient (Wildman–Crippen LogP) is 24.7. The van der Waals surface area contributed by atoms with Crippen molar-refractivity contribution in [2.45, 2.75) is 452 Å². The van der Waals surface area contributed by atoms with E-state index in [0.29, 0.717) is 25.7 Å². The molecule has 0 aromatic rings. The van der Waals surface area contributed by atoms with Gasteiger partial charge in [0, 0.05) is 25.7 Å².